The molecule has 5 nitrogen and oxygen atoms in total. The van der Waals surface area contributed by atoms with E-state index in [1.54, 1.807) is 16.2 Å². The van der Waals surface area contributed by atoms with E-state index in [9.17, 15) is 4.79 Å². The summed E-state index contributed by atoms with van der Waals surface area (Å²) in [6, 6.07) is 13.9. The highest BCUT2D eigenvalue weighted by Crippen LogP contribution is 2.33. The maximum absolute atomic E-state index is 11.8. The Kier molecular flexibility index (Phi) is 4.34. The van der Waals surface area contributed by atoms with Gasteiger partial charge in [-0.05, 0) is 48.9 Å². The summed E-state index contributed by atoms with van der Waals surface area (Å²) in [5.41, 5.74) is 4.96. The number of carbonyl (C=O) groups is 1. The first kappa shape index (κ1) is 16.6. The average molecular weight is 365 g/mol. The highest BCUT2D eigenvalue weighted by molar-refractivity contribution is 7.14. The second-order valence-electron chi connectivity index (χ2n) is 6.09. The zero-order valence-corrected chi connectivity index (χ0v) is 15.5. The van der Waals surface area contributed by atoms with Crippen LogP contribution in [0.5, 0.6) is 5.75 Å². The number of aromatic nitrogens is 1. The number of nitrogens with zero attached hydrogens (tertiary/aromatic N) is 2. The van der Waals surface area contributed by atoms with Gasteiger partial charge in [0.2, 0.25) is 5.91 Å². The molecule has 0 fully saturated rings. The maximum Gasteiger partial charge on any atom is 0.231 e. The Morgan fingerprint density at radius 1 is 1.23 bits per heavy atom. The first-order valence-electron chi connectivity index (χ1n) is 8.49. The molecule has 2 heterocycles. The van der Waals surface area contributed by atoms with Crippen molar-refractivity contribution in [2.24, 2.45) is 0 Å². The quantitative estimate of drug-likeness (QED) is 0.725. The van der Waals surface area contributed by atoms with Crippen molar-refractivity contribution >= 4 is 33.8 Å². The molecule has 1 aliphatic rings. The topological polar surface area (TPSA) is 54.5 Å². The molecule has 1 aliphatic heterocycles. The van der Waals surface area contributed by atoms with E-state index in [0.29, 0.717) is 13.0 Å². The lowest BCUT2D eigenvalue weighted by molar-refractivity contribution is -0.117. The molecule has 0 radical (unpaired) electrons. The Hall–Kier alpha value is -2.86. The van der Waals surface area contributed by atoms with Gasteiger partial charge in [0, 0.05) is 29.4 Å². The van der Waals surface area contributed by atoms with Crippen LogP contribution in [-0.2, 0) is 11.2 Å². The number of benzene rings is 2. The third kappa shape index (κ3) is 3.15. The highest BCUT2D eigenvalue weighted by Gasteiger charge is 2.24. The molecule has 3 aromatic rings. The molecule has 1 aromatic heterocycles. The second-order valence-corrected chi connectivity index (χ2v) is 6.95. The lowest BCUT2D eigenvalue weighted by atomic mass is 10.1. The third-order valence-corrected chi connectivity index (χ3v) is 5.13. The molecule has 0 bridgehead atoms. The van der Waals surface area contributed by atoms with Gasteiger partial charge in [0.05, 0.1) is 18.7 Å². The van der Waals surface area contributed by atoms with Crippen LogP contribution in [0.25, 0.3) is 11.3 Å². The van der Waals surface area contributed by atoms with Gasteiger partial charge in [-0.15, -0.1) is 11.3 Å². The molecule has 0 saturated carbocycles. The van der Waals surface area contributed by atoms with E-state index in [2.05, 4.69) is 16.4 Å². The molecule has 1 N–H and O–H groups in total. The molecule has 0 aliphatic carbocycles. The van der Waals surface area contributed by atoms with Gasteiger partial charge in [-0.3, -0.25) is 4.79 Å². The summed E-state index contributed by atoms with van der Waals surface area (Å²) < 4.78 is 5.46. The number of rotatable bonds is 5. The number of hydrogen-bond acceptors (Lipinski definition) is 5. The van der Waals surface area contributed by atoms with Crippen LogP contribution in [0.15, 0.2) is 47.8 Å². The van der Waals surface area contributed by atoms with E-state index in [-0.39, 0.29) is 5.91 Å². The van der Waals surface area contributed by atoms with Crippen molar-refractivity contribution < 1.29 is 9.53 Å². The van der Waals surface area contributed by atoms with Crippen molar-refractivity contribution in [2.75, 3.05) is 23.9 Å². The average Bonchev–Trinajstić information content (AvgIpc) is 3.22. The van der Waals surface area contributed by atoms with E-state index >= 15 is 0 Å². The number of thiazole rings is 1. The van der Waals surface area contributed by atoms with Gasteiger partial charge >= 0.3 is 0 Å². The number of amides is 1. The molecule has 26 heavy (non-hydrogen) atoms. The number of fused-ring (bicyclic) bond motifs is 1. The predicted molar refractivity (Wildman–Crippen MR) is 106 cm³/mol. The standard InChI is InChI=1S/C20H19N3O2S/c1-3-25-16-7-5-15(6-8-16)21-20-22-17(12-26-20)13-4-9-18-14(10-13)11-19(24)23(18)2/h4-10,12H,3,11H2,1-2H3,(H,21,22). The molecule has 0 atom stereocenters. The van der Waals surface area contributed by atoms with Crippen molar-refractivity contribution in [3.63, 3.8) is 0 Å². The Bertz CT molecular complexity index is 950. The summed E-state index contributed by atoms with van der Waals surface area (Å²) in [5, 5.41) is 6.18. The van der Waals surface area contributed by atoms with Gasteiger partial charge < -0.3 is 15.0 Å². The monoisotopic (exact) mass is 365 g/mol. The van der Waals surface area contributed by atoms with Crippen LogP contribution in [0.3, 0.4) is 0 Å². The molecular formula is C20H19N3O2S. The number of ether oxygens (including phenoxy) is 1. The largest absolute Gasteiger partial charge is 0.494 e. The first-order valence-corrected chi connectivity index (χ1v) is 9.37. The van der Waals surface area contributed by atoms with Crippen molar-refractivity contribution in [3.8, 4) is 17.0 Å². The zero-order valence-electron chi connectivity index (χ0n) is 14.7. The summed E-state index contributed by atoms with van der Waals surface area (Å²) in [6.07, 6.45) is 0.459. The molecule has 132 valence electrons. The number of nitrogens with one attached hydrogen (secondary N) is 1. The number of carbonyl (C=O) groups excluding carboxylic acids is 1. The summed E-state index contributed by atoms with van der Waals surface area (Å²) in [4.78, 5) is 18.2. The zero-order chi connectivity index (χ0) is 18.1. The van der Waals surface area contributed by atoms with Crippen LogP contribution in [0, 0.1) is 0 Å². The van der Waals surface area contributed by atoms with E-state index in [1.165, 1.54) is 0 Å². The normalized spacial score (nSPS) is 13.0. The summed E-state index contributed by atoms with van der Waals surface area (Å²) >= 11 is 1.56. The van der Waals surface area contributed by atoms with Gasteiger partial charge in [-0.1, -0.05) is 6.07 Å². The van der Waals surface area contributed by atoms with Crippen LogP contribution >= 0.6 is 11.3 Å². The molecule has 0 saturated heterocycles. The molecule has 4 rings (SSSR count). The summed E-state index contributed by atoms with van der Waals surface area (Å²) in [5.74, 6) is 0.990. The lowest BCUT2D eigenvalue weighted by Crippen LogP contribution is -2.20. The van der Waals surface area contributed by atoms with Crippen LogP contribution in [0.2, 0.25) is 0 Å². The van der Waals surface area contributed by atoms with Gasteiger partial charge in [0.25, 0.3) is 0 Å². The fraction of sp³-hybridized carbons (Fsp3) is 0.200. The minimum atomic E-state index is 0.133. The van der Waals surface area contributed by atoms with Crippen LogP contribution < -0.4 is 15.0 Å². The number of likely N-dealkylation sites (N-methyl/N-ethyl adjacent to an activating group) is 1. The van der Waals surface area contributed by atoms with Gasteiger partial charge in [0.15, 0.2) is 5.13 Å². The number of hydrogen-bond donors (Lipinski definition) is 1. The fourth-order valence-electron chi connectivity index (χ4n) is 3.02. The number of anilines is 3. The fourth-order valence-corrected chi connectivity index (χ4v) is 3.76. The van der Waals surface area contributed by atoms with Crippen molar-refractivity contribution in [1.82, 2.24) is 4.98 Å². The molecule has 1 amide bonds. The van der Waals surface area contributed by atoms with Crippen molar-refractivity contribution in [1.29, 1.82) is 0 Å². The highest BCUT2D eigenvalue weighted by atomic mass is 32.1. The van der Waals surface area contributed by atoms with E-state index in [0.717, 1.165) is 39.1 Å². The van der Waals surface area contributed by atoms with E-state index in [4.69, 9.17) is 4.74 Å². The second kappa shape index (κ2) is 6.80. The predicted octanol–water partition coefficient (Wildman–Crippen LogP) is 4.47. The van der Waals surface area contributed by atoms with Gasteiger partial charge in [-0.25, -0.2) is 4.98 Å². The Balaban J connectivity index is 1.51. The van der Waals surface area contributed by atoms with E-state index in [1.807, 2.05) is 55.7 Å². The van der Waals surface area contributed by atoms with Crippen LogP contribution in [-0.4, -0.2) is 24.5 Å². The Morgan fingerprint density at radius 2 is 2.04 bits per heavy atom. The summed E-state index contributed by atoms with van der Waals surface area (Å²) in [7, 11) is 1.82. The van der Waals surface area contributed by atoms with Gasteiger partial charge in [-0.2, -0.15) is 0 Å². The van der Waals surface area contributed by atoms with Gasteiger partial charge in [0.1, 0.15) is 5.75 Å². The first-order chi connectivity index (χ1) is 12.6. The molecular weight excluding hydrogens is 346 g/mol. The maximum atomic E-state index is 11.8. The molecule has 2 aromatic carbocycles. The lowest BCUT2D eigenvalue weighted by Gasteiger charge is -2.09. The third-order valence-electron chi connectivity index (χ3n) is 4.37. The van der Waals surface area contributed by atoms with Crippen LogP contribution in [0.1, 0.15) is 12.5 Å². The van der Waals surface area contributed by atoms with Crippen molar-refractivity contribution in [3.05, 3.63) is 53.4 Å². The van der Waals surface area contributed by atoms with E-state index < -0.39 is 0 Å². The minimum Gasteiger partial charge on any atom is -0.494 e. The Labute approximate surface area is 156 Å². The Morgan fingerprint density at radius 3 is 2.81 bits per heavy atom. The van der Waals surface area contributed by atoms with Crippen molar-refractivity contribution in [2.45, 2.75) is 13.3 Å². The molecule has 0 unspecified atom stereocenters. The smallest absolute Gasteiger partial charge is 0.231 e. The van der Waals surface area contributed by atoms with Crippen LogP contribution in [0.4, 0.5) is 16.5 Å². The summed E-state index contributed by atoms with van der Waals surface area (Å²) in [6.45, 7) is 2.63. The SMILES string of the molecule is CCOc1ccc(Nc2nc(-c3ccc4c(c3)CC(=O)N4C)cs2)cc1. The molecule has 0 spiro atoms. The molecule has 6 heteroatoms. The minimum absolute atomic E-state index is 0.133.